The van der Waals surface area contributed by atoms with Crippen molar-refractivity contribution < 1.29 is 27.2 Å². The van der Waals surface area contributed by atoms with Crippen LogP contribution in [0.1, 0.15) is 47.0 Å². The summed E-state index contributed by atoms with van der Waals surface area (Å²) in [5.74, 6) is 0.680. The summed E-state index contributed by atoms with van der Waals surface area (Å²) in [6, 6.07) is 11.8. The first kappa shape index (κ1) is 22.3. The topological polar surface area (TPSA) is 77.2 Å². The van der Waals surface area contributed by atoms with Gasteiger partial charge in [-0.15, -0.1) is 0 Å². The third-order valence-corrected chi connectivity index (χ3v) is 4.72. The molecule has 0 saturated heterocycles. The molecule has 0 bridgehead atoms. The standard InChI is InChI=1S/C22H22F3N3O3/c1-14-27-19(28-31-14)12-30-18-10-5-4-9-17(18)20(29)26-13-21(2,3)15-7-6-8-16(11-15)22(23,24)25/h4-11H,12-13H2,1-3H3,(H,26,29). The summed E-state index contributed by atoms with van der Waals surface area (Å²) in [4.78, 5) is 16.8. The smallest absolute Gasteiger partial charge is 0.416 e. The van der Waals surface area contributed by atoms with Crippen LogP contribution >= 0.6 is 0 Å². The van der Waals surface area contributed by atoms with E-state index >= 15 is 0 Å². The fraction of sp³-hybridized carbons (Fsp3) is 0.318. The number of nitrogens with one attached hydrogen (secondary N) is 1. The van der Waals surface area contributed by atoms with Gasteiger partial charge in [-0.1, -0.05) is 49.3 Å². The molecule has 164 valence electrons. The minimum atomic E-state index is -4.43. The van der Waals surface area contributed by atoms with E-state index in [4.69, 9.17) is 9.26 Å². The Kier molecular flexibility index (Phi) is 6.33. The summed E-state index contributed by atoms with van der Waals surface area (Å²) in [7, 11) is 0. The highest BCUT2D eigenvalue weighted by atomic mass is 19.4. The van der Waals surface area contributed by atoms with Crippen molar-refractivity contribution in [1.29, 1.82) is 0 Å². The molecule has 0 radical (unpaired) electrons. The number of ether oxygens (including phenoxy) is 1. The van der Waals surface area contributed by atoms with Gasteiger partial charge in [0.1, 0.15) is 5.75 Å². The van der Waals surface area contributed by atoms with Crippen molar-refractivity contribution in [2.24, 2.45) is 0 Å². The van der Waals surface area contributed by atoms with E-state index in [9.17, 15) is 18.0 Å². The van der Waals surface area contributed by atoms with E-state index in [2.05, 4.69) is 15.5 Å². The number of benzene rings is 2. The van der Waals surface area contributed by atoms with Crippen LogP contribution in [0.2, 0.25) is 0 Å². The minimum absolute atomic E-state index is 0.0252. The van der Waals surface area contributed by atoms with Gasteiger partial charge in [-0.05, 0) is 23.8 Å². The number of aromatic nitrogens is 2. The Morgan fingerprint density at radius 1 is 1.10 bits per heavy atom. The van der Waals surface area contributed by atoms with Crippen LogP contribution in [0.4, 0.5) is 13.2 Å². The average molecular weight is 433 g/mol. The molecule has 1 amide bonds. The van der Waals surface area contributed by atoms with Gasteiger partial charge in [0.05, 0.1) is 11.1 Å². The number of halogens is 3. The molecule has 0 saturated carbocycles. The number of hydrogen-bond donors (Lipinski definition) is 1. The van der Waals surface area contributed by atoms with Crippen LogP contribution < -0.4 is 10.1 Å². The van der Waals surface area contributed by atoms with Gasteiger partial charge in [0.15, 0.2) is 6.61 Å². The summed E-state index contributed by atoms with van der Waals surface area (Å²) in [5, 5.41) is 6.53. The summed E-state index contributed by atoms with van der Waals surface area (Å²) in [5.41, 5.74) is -0.684. The van der Waals surface area contributed by atoms with Gasteiger partial charge >= 0.3 is 6.18 Å². The minimum Gasteiger partial charge on any atom is -0.485 e. The average Bonchev–Trinajstić information content (AvgIpc) is 3.15. The van der Waals surface area contributed by atoms with Gasteiger partial charge < -0.3 is 14.6 Å². The SMILES string of the molecule is Cc1nc(COc2ccccc2C(=O)NCC(C)(C)c2cccc(C(F)(F)F)c2)no1. The summed E-state index contributed by atoms with van der Waals surface area (Å²) in [6.45, 7) is 5.35. The summed E-state index contributed by atoms with van der Waals surface area (Å²) >= 11 is 0. The van der Waals surface area contributed by atoms with Crippen molar-refractivity contribution in [3.63, 3.8) is 0 Å². The van der Waals surface area contributed by atoms with Gasteiger partial charge in [-0.3, -0.25) is 4.79 Å². The molecule has 1 N–H and O–H groups in total. The summed E-state index contributed by atoms with van der Waals surface area (Å²) in [6.07, 6.45) is -4.43. The molecule has 1 heterocycles. The van der Waals surface area contributed by atoms with Gasteiger partial charge in [0.2, 0.25) is 11.7 Å². The lowest BCUT2D eigenvalue weighted by Gasteiger charge is -2.26. The maximum absolute atomic E-state index is 13.0. The lowest BCUT2D eigenvalue weighted by Crippen LogP contribution is -2.37. The van der Waals surface area contributed by atoms with E-state index < -0.39 is 23.1 Å². The highest BCUT2D eigenvalue weighted by Crippen LogP contribution is 2.32. The number of amides is 1. The molecule has 1 aromatic heterocycles. The molecule has 0 unspecified atom stereocenters. The second-order valence-electron chi connectivity index (χ2n) is 7.66. The van der Waals surface area contributed by atoms with Crippen molar-refractivity contribution in [2.45, 2.75) is 39.0 Å². The fourth-order valence-corrected chi connectivity index (χ4v) is 2.94. The molecule has 0 aliphatic rings. The molecule has 0 spiro atoms. The van der Waals surface area contributed by atoms with E-state index in [0.717, 1.165) is 12.1 Å². The first-order chi connectivity index (χ1) is 14.6. The predicted molar refractivity (Wildman–Crippen MR) is 107 cm³/mol. The molecule has 0 aliphatic carbocycles. The van der Waals surface area contributed by atoms with Crippen molar-refractivity contribution in [3.05, 3.63) is 76.9 Å². The Bertz CT molecular complexity index is 1060. The zero-order valence-electron chi connectivity index (χ0n) is 17.3. The number of hydrogen-bond acceptors (Lipinski definition) is 5. The first-order valence-corrected chi connectivity index (χ1v) is 9.53. The molecule has 31 heavy (non-hydrogen) atoms. The monoisotopic (exact) mass is 433 g/mol. The van der Waals surface area contributed by atoms with Gasteiger partial charge in [0.25, 0.3) is 5.91 Å². The van der Waals surface area contributed by atoms with E-state index in [1.807, 2.05) is 0 Å². The predicted octanol–water partition coefficient (Wildman–Crippen LogP) is 4.68. The van der Waals surface area contributed by atoms with E-state index in [-0.39, 0.29) is 13.2 Å². The number of carbonyl (C=O) groups is 1. The van der Waals surface area contributed by atoms with E-state index in [1.165, 1.54) is 6.07 Å². The van der Waals surface area contributed by atoms with Crippen LogP contribution in [0.5, 0.6) is 5.75 Å². The maximum atomic E-state index is 13.0. The van der Waals surface area contributed by atoms with Crippen molar-refractivity contribution >= 4 is 5.91 Å². The highest BCUT2D eigenvalue weighted by Gasteiger charge is 2.32. The van der Waals surface area contributed by atoms with Crippen LogP contribution in [-0.4, -0.2) is 22.6 Å². The second-order valence-corrected chi connectivity index (χ2v) is 7.66. The molecule has 0 aliphatic heterocycles. The molecule has 0 fully saturated rings. The molecule has 9 heteroatoms. The van der Waals surface area contributed by atoms with Crippen LogP contribution in [0, 0.1) is 6.92 Å². The van der Waals surface area contributed by atoms with Crippen molar-refractivity contribution in [2.75, 3.05) is 6.54 Å². The van der Waals surface area contributed by atoms with E-state index in [0.29, 0.717) is 28.6 Å². The third-order valence-electron chi connectivity index (χ3n) is 4.72. The van der Waals surface area contributed by atoms with Crippen LogP contribution in [0.3, 0.4) is 0 Å². The number of carbonyl (C=O) groups excluding carboxylic acids is 1. The van der Waals surface area contributed by atoms with E-state index in [1.54, 1.807) is 51.1 Å². The molecule has 3 aromatic rings. The molecule has 6 nitrogen and oxygen atoms in total. The van der Waals surface area contributed by atoms with Crippen LogP contribution in [0.25, 0.3) is 0 Å². The molecular weight excluding hydrogens is 411 g/mol. The Balaban J connectivity index is 1.69. The normalized spacial score (nSPS) is 11.9. The number of nitrogens with zero attached hydrogens (tertiary/aromatic N) is 2. The quantitative estimate of drug-likeness (QED) is 0.585. The maximum Gasteiger partial charge on any atom is 0.416 e. The molecular formula is C22H22F3N3O3. The largest absolute Gasteiger partial charge is 0.485 e. The first-order valence-electron chi connectivity index (χ1n) is 9.53. The number of para-hydroxylation sites is 1. The third kappa shape index (κ3) is 5.62. The Morgan fingerprint density at radius 2 is 1.81 bits per heavy atom. The van der Waals surface area contributed by atoms with Crippen molar-refractivity contribution in [1.82, 2.24) is 15.5 Å². The fourth-order valence-electron chi connectivity index (χ4n) is 2.94. The number of alkyl halides is 3. The van der Waals surface area contributed by atoms with Crippen molar-refractivity contribution in [3.8, 4) is 5.75 Å². The number of rotatable bonds is 7. The lowest BCUT2D eigenvalue weighted by atomic mass is 9.83. The van der Waals surface area contributed by atoms with Gasteiger partial charge in [-0.25, -0.2) is 0 Å². The lowest BCUT2D eigenvalue weighted by molar-refractivity contribution is -0.137. The Labute approximate surface area is 177 Å². The Morgan fingerprint density at radius 3 is 2.48 bits per heavy atom. The molecule has 3 rings (SSSR count). The second kappa shape index (κ2) is 8.79. The number of aryl methyl sites for hydroxylation is 1. The van der Waals surface area contributed by atoms with Gasteiger partial charge in [0, 0.05) is 18.9 Å². The van der Waals surface area contributed by atoms with Gasteiger partial charge in [-0.2, -0.15) is 18.2 Å². The van der Waals surface area contributed by atoms with Crippen LogP contribution in [-0.2, 0) is 18.2 Å². The molecule has 0 atom stereocenters. The Hall–Kier alpha value is -3.36. The summed E-state index contributed by atoms with van der Waals surface area (Å²) < 4.78 is 49.6. The van der Waals surface area contributed by atoms with Crippen LogP contribution in [0.15, 0.2) is 53.1 Å². The molecule has 2 aromatic carbocycles. The highest BCUT2D eigenvalue weighted by molar-refractivity contribution is 5.96. The zero-order chi connectivity index (χ0) is 22.6. The zero-order valence-corrected chi connectivity index (χ0v) is 17.3.